The second kappa shape index (κ2) is 6.42. The maximum Gasteiger partial charge on any atom is 0.0396 e. The standard InChI is InChI=1S/C17H28N2/c1-13(2)16-6-5-14(3)17(11-16)19(4)12-15-7-9-18-10-8-15/h5-6,11,13,15,18H,7-10,12H2,1-4H3. The first kappa shape index (κ1) is 14.4. The Bertz CT molecular complexity index is 406. The van der Waals surface area contributed by atoms with E-state index in [9.17, 15) is 0 Å². The van der Waals surface area contributed by atoms with Crippen LogP contribution < -0.4 is 10.2 Å². The number of aryl methyl sites for hydroxylation is 1. The van der Waals surface area contributed by atoms with Crippen molar-refractivity contribution < 1.29 is 0 Å². The second-order valence-electron chi connectivity index (χ2n) is 6.27. The van der Waals surface area contributed by atoms with Crippen molar-refractivity contribution in [1.29, 1.82) is 0 Å². The number of piperidine rings is 1. The molecule has 0 bridgehead atoms. The van der Waals surface area contributed by atoms with Gasteiger partial charge in [0.1, 0.15) is 0 Å². The molecule has 0 amide bonds. The van der Waals surface area contributed by atoms with Crippen LogP contribution in [0.5, 0.6) is 0 Å². The SMILES string of the molecule is Cc1ccc(C(C)C)cc1N(C)CC1CCNCC1. The number of nitrogens with zero attached hydrogens (tertiary/aromatic N) is 1. The minimum Gasteiger partial charge on any atom is -0.374 e. The molecule has 2 rings (SSSR count). The Kier molecular flexibility index (Phi) is 4.87. The first-order chi connectivity index (χ1) is 9.08. The van der Waals surface area contributed by atoms with Gasteiger partial charge in [0.2, 0.25) is 0 Å². The van der Waals surface area contributed by atoms with E-state index < -0.39 is 0 Å². The zero-order valence-corrected chi connectivity index (χ0v) is 12.9. The van der Waals surface area contributed by atoms with Gasteiger partial charge in [-0.1, -0.05) is 26.0 Å². The maximum absolute atomic E-state index is 3.44. The molecule has 1 aliphatic rings. The van der Waals surface area contributed by atoms with Gasteiger partial charge < -0.3 is 10.2 Å². The molecule has 19 heavy (non-hydrogen) atoms. The first-order valence-electron chi connectivity index (χ1n) is 7.60. The van der Waals surface area contributed by atoms with Gasteiger partial charge in [-0.3, -0.25) is 0 Å². The van der Waals surface area contributed by atoms with Gasteiger partial charge in [-0.25, -0.2) is 0 Å². The lowest BCUT2D eigenvalue weighted by Gasteiger charge is -2.30. The number of anilines is 1. The van der Waals surface area contributed by atoms with E-state index in [2.05, 4.69) is 56.2 Å². The fourth-order valence-corrected chi connectivity index (χ4v) is 2.95. The third-order valence-electron chi connectivity index (χ3n) is 4.30. The molecule has 2 heteroatoms. The van der Waals surface area contributed by atoms with Gasteiger partial charge in [0, 0.05) is 19.3 Å². The molecule has 0 unspecified atom stereocenters. The molecule has 0 aliphatic carbocycles. The zero-order chi connectivity index (χ0) is 13.8. The predicted molar refractivity (Wildman–Crippen MR) is 84.1 cm³/mol. The third kappa shape index (κ3) is 3.73. The molecule has 1 N–H and O–H groups in total. The van der Waals surface area contributed by atoms with Crippen LogP contribution in [0.25, 0.3) is 0 Å². The van der Waals surface area contributed by atoms with E-state index in [-0.39, 0.29) is 0 Å². The average Bonchev–Trinajstić information content (AvgIpc) is 2.40. The minimum absolute atomic E-state index is 0.603. The van der Waals surface area contributed by atoms with Crippen LogP contribution in [0, 0.1) is 12.8 Å². The van der Waals surface area contributed by atoms with E-state index in [0.717, 1.165) is 5.92 Å². The fraction of sp³-hybridized carbons (Fsp3) is 0.647. The van der Waals surface area contributed by atoms with Crippen LogP contribution in [0.15, 0.2) is 18.2 Å². The van der Waals surface area contributed by atoms with Crippen molar-refractivity contribution in [1.82, 2.24) is 5.32 Å². The number of hydrogen-bond donors (Lipinski definition) is 1. The summed E-state index contributed by atoms with van der Waals surface area (Å²) in [5, 5.41) is 3.44. The number of benzene rings is 1. The first-order valence-corrected chi connectivity index (χ1v) is 7.60. The summed E-state index contributed by atoms with van der Waals surface area (Å²) in [6, 6.07) is 6.91. The molecule has 1 fully saturated rings. The van der Waals surface area contributed by atoms with Crippen molar-refractivity contribution >= 4 is 5.69 Å². The normalized spacial score (nSPS) is 16.9. The van der Waals surface area contributed by atoms with Gasteiger partial charge in [-0.15, -0.1) is 0 Å². The van der Waals surface area contributed by atoms with Gasteiger partial charge in [-0.2, -0.15) is 0 Å². The molecule has 2 nitrogen and oxygen atoms in total. The number of hydrogen-bond acceptors (Lipinski definition) is 2. The van der Waals surface area contributed by atoms with Crippen molar-refractivity contribution in [2.24, 2.45) is 5.92 Å². The Balaban J connectivity index is 2.08. The molecule has 1 aromatic carbocycles. The van der Waals surface area contributed by atoms with Crippen LogP contribution in [0.3, 0.4) is 0 Å². The summed E-state index contributed by atoms with van der Waals surface area (Å²) in [5.41, 5.74) is 4.24. The molecule has 0 aromatic heterocycles. The van der Waals surface area contributed by atoms with E-state index in [4.69, 9.17) is 0 Å². The van der Waals surface area contributed by atoms with Gasteiger partial charge in [0.25, 0.3) is 0 Å². The fourth-order valence-electron chi connectivity index (χ4n) is 2.95. The molecule has 106 valence electrons. The second-order valence-corrected chi connectivity index (χ2v) is 6.27. The Morgan fingerprint density at radius 2 is 1.95 bits per heavy atom. The summed E-state index contributed by atoms with van der Waals surface area (Å²) >= 11 is 0. The van der Waals surface area contributed by atoms with Gasteiger partial charge >= 0.3 is 0 Å². The Morgan fingerprint density at radius 3 is 2.58 bits per heavy atom. The van der Waals surface area contributed by atoms with Crippen molar-refractivity contribution in [3.63, 3.8) is 0 Å². The van der Waals surface area contributed by atoms with Crippen LogP contribution in [0.1, 0.15) is 43.7 Å². The van der Waals surface area contributed by atoms with Crippen LogP contribution in [0.2, 0.25) is 0 Å². The highest BCUT2D eigenvalue weighted by Crippen LogP contribution is 2.26. The molecule has 0 radical (unpaired) electrons. The van der Waals surface area contributed by atoms with Crippen molar-refractivity contribution in [3.05, 3.63) is 29.3 Å². The quantitative estimate of drug-likeness (QED) is 0.890. The summed E-state index contributed by atoms with van der Waals surface area (Å²) in [6.07, 6.45) is 2.63. The van der Waals surface area contributed by atoms with Crippen LogP contribution >= 0.6 is 0 Å². The molecular weight excluding hydrogens is 232 g/mol. The molecule has 1 aliphatic heterocycles. The van der Waals surface area contributed by atoms with Crippen molar-refractivity contribution in [3.8, 4) is 0 Å². The summed E-state index contributed by atoms with van der Waals surface area (Å²) in [4.78, 5) is 2.46. The number of rotatable bonds is 4. The highest BCUT2D eigenvalue weighted by Gasteiger charge is 2.16. The molecule has 0 saturated carbocycles. The lowest BCUT2D eigenvalue weighted by Crippen LogP contribution is -2.34. The van der Waals surface area contributed by atoms with Crippen molar-refractivity contribution in [2.45, 2.75) is 39.5 Å². The molecule has 1 aromatic rings. The van der Waals surface area contributed by atoms with E-state index in [0.29, 0.717) is 5.92 Å². The Hall–Kier alpha value is -1.02. The third-order valence-corrected chi connectivity index (χ3v) is 4.30. The van der Waals surface area contributed by atoms with Gasteiger partial charge in [0.15, 0.2) is 0 Å². The molecule has 1 saturated heterocycles. The number of nitrogens with one attached hydrogen (secondary N) is 1. The summed E-state index contributed by atoms with van der Waals surface area (Å²) in [5.74, 6) is 1.44. The summed E-state index contributed by atoms with van der Waals surface area (Å²) in [7, 11) is 2.24. The molecule has 1 heterocycles. The van der Waals surface area contributed by atoms with E-state index in [1.165, 1.54) is 49.3 Å². The van der Waals surface area contributed by atoms with E-state index in [1.807, 2.05) is 0 Å². The Morgan fingerprint density at radius 1 is 1.26 bits per heavy atom. The maximum atomic E-state index is 3.44. The zero-order valence-electron chi connectivity index (χ0n) is 12.9. The topological polar surface area (TPSA) is 15.3 Å². The van der Waals surface area contributed by atoms with Crippen molar-refractivity contribution in [2.75, 3.05) is 31.6 Å². The van der Waals surface area contributed by atoms with Gasteiger partial charge in [0.05, 0.1) is 0 Å². The summed E-state index contributed by atoms with van der Waals surface area (Å²) < 4.78 is 0. The largest absolute Gasteiger partial charge is 0.374 e. The van der Waals surface area contributed by atoms with Gasteiger partial charge in [-0.05, 0) is 61.9 Å². The predicted octanol–water partition coefficient (Wildman–Crippen LogP) is 3.55. The summed E-state index contributed by atoms with van der Waals surface area (Å²) in [6.45, 7) is 10.3. The lowest BCUT2D eigenvalue weighted by atomic mass is 9.96. The van der Waals surface area contributed by atoms with Crippen LogP contribution in [0.4, 0.5) is 5.69 Å². The average molecular weight is 260 g/mol. The molecular formula is C17H28N2. The highest BCUT2D eigenvalue weighted by atomic mass is 15.1. The van der Waals surface area contributed by atoms with Crippen LogP contribution in [-0.2, 0) is 0 Å². The minimum atomic E-state index is 0.603. The smallest absolute Gasteiger partial charge is 0.0396 e. The lowest BCUT2D eigenvalue weighted by molar-refractivity contribution is 0.378. The van der Waals surface area contributed by atoms with E-state index in [1.54, 1.807) is 0 Å². The Labute approximate surface area is 118 Å². The monoisotopic (exact) mass is 260 g/mol. The highest BCUT2D eigenvalue weighted by molar-refractivity contribution is 5.55. The molecule has 0 spiro atoms. The van der Waals surface area contributed by atoms with Crippen LogP contribution in [-0.4, -0.2) is 26.7 Å². The van der Waals surface area contributed by atoms with E-state index >= 15 is 0 Å². The molecule has 0 atom stereocenters.